The molecule has 0 aliphatic carbocycles. The second-order valence-electron chi connectivity index (χ2n) is 4.94. The number of esters is 1. The Morgan fingerprint density at radius 1 is 1.39 bits per heavy atom. The van der Waals surface area contributed by atoms with Gasteiger partial charge < -0.3 is 10.1 Å². The molecule has 0 bridgehead atoms. The second kappa shape index (κ2) is 8.38. The quantitative estimate of drug-likeness (QED) is 0.474. The van der Waals surface area contributed by atoms with Crippen molar-refractivity contribution in [1.29, 1.82) is 0 Å². The van der Waals surface area contributed by atoms with Gasteiger partial charge in [-0.1, -0.05) is 13.0 Å². The van der Waals surface area contributed by atoms with E-state index < -0.39 is 23.6 Å². The van der Waals surface area contributed by atoms with E-state index in [0.29, 0.717) is 18.5 Å². The van der Waals surface area contributed by atoms with Crippen LogP contribution >= 0.6 is 0 Å². The van der Waals surface area contributed by atoms with Crippen molar-refractivity contribution >= 4 is 12.4 Å². The number of carbonyl (C=O) groups excluding carboxylic acids is 2. The molecule has 1 atom stereocenters. The van der Waals surface area contributed by atoms with Gasteiger partial charge in [0.05, 0.1) is 18.7 Å². The molecular weight excluding hydrogens is 306 g/mol. The first-order valence-electron chi connectivity index (χ1n) is 7.01. The molecule has 1 amide bonds. The number of nitrogens with one attached hydrogen (secondary N) is 1. The van der Waals surface area contributed by atoms with E-state index in [1.165, 1.54) is 20.1 Å². The number of methoxy groups -OCH3 is 1. The summed E-state index contributed by atoms with van der Waals surface area (Å²) < 4.78 is 31.6. The monoisotopic (exact) mass is 326 g/mol. The van der Waals surface area contributed by atoms with Crippen molar-refractivity contribution in [2.75, 3.05) is 20.7 Å². The summed E-state index contributed by atoms with van der Waals surface area (Å²) in [6, 6.07) is 2.73. The first kappa shape index (κ1) is 18.8. The van der Waals surface area contributed by atoms with E-state index in [2.05, 4.69) is 5.32 Å². The van der Waals surface area contributed by atoms with Crippen molar-refractivity contribution in [2.45, 2.75) is 19.9 Å². The topological polar surface area (TPSA) is 58.6 Å². The summed E-state index contributed by atoms with van der Waals surface area (Å²) in [5.74, 6) is -2.65. The van der Waals surface area contributed by atoms with Crippen LogP contribution in [0.25, 0.3) is 0 Å². The summed E-state index contributed by atoms with van der Waals surface area (Å²) in [7, 11) is 2.94. The predicted molar refractivity (Wildman–Crippen MR) is 81.3 cm³/mol. The van der Waals surface area contributed by atoms with Crippen LogP contribution in [0.3, 0.4) is 0 Å². The first-order valence-corrected chi connectivity index (χ1v) is 7.01. The van der Waals surface area contributed by atoms with E-state index in [0.717, 1.165) is 12.1 Å². The number of rotatable bonds is 7. The fourth-order valence-electron chi connectivity index (χ4n) is 2.25. The zero-order valence-electron chi connectivity index (χ0n) is 13.5. The molecule has 0 fully saturated rings. The molecule has 0 saturated heterocycles. The standard InChI is InChI=1S/C16H20F2N2O3/c1-5-20(3)15(11-6-7-12(17)13(18)8-11)14(16(22)23-4)10(2)19-9-21/h6-9,15H,5H2,1-4H3,(H,19,21)/b14-10+. The molecule has 1 rings (SSSR count). The van der Waals surface area contributed by atoms with Gasteiger partial charge in [0.2, 0.25) is 6.41 Å². The van der Waals surface area contributed by atoms with Crippen LogP contribution in [0.15, 0.2) is 29.5 Å². The lowest BCUT2D eigenvalue weighted by atomic mass is 9.95. The maximum atomic E-state index is 13.6. The third-order valence-corrected chi connectivity index (χ3v) is 3.56. The van der Waals surface area contributed by atoms with Gasteiger partial charge >= 0.3 is 5.97 Å². The highest BCUT2D eigenvalue weighted by atomic mass is 19.2. The Balaban J connectivity index is 3.53. The average Bonchev–Trinajstić information content (AvgIpc) is 2.54. The van der Waals surface area contributed by atoms with Crippen molar-refractivity contribution in [3.63, 3.8) is 0 Å². The molecule has 1 unspecified atom stereocenters. The number of likely N-dealkylation sites (N-methyl/N-ethyl adjacent to an activating group) is 1. The Kier molecular flexibility index (Phi) is 6.84. The lowest BCUT2D eigenvalue weighted by molar-refractivity contribution is -0.137. The van der Waals surface area contributed by atoms with Gasteiger partial charge in [0, 0.05) is 5.70 Å². The second-order valence-corrected chi connectivity index (χ2v) is 4.94. The number of hydrogen-bond acceptors (Lipinski definition) is 4. The summed E-state index contributed by atoms with van der Waals surface area (Å²) >= 11 is 0. The van der Waals surface area contributed by atoms with Crippen molar-refractivity contribution < 1.29 is 23.1 Å². The SMILES string of the molecule is CCN(C)C(/C(C(=O)OC)=C(/C)NC=O)c1ccc(F)c(F)c1. The molecule has 0 aromatic heterocycles. The van der Waals surface area contributed by atoms with Gasteiger partial charge in [0.25, 0.3) is 0 Å². The fraction of sp³-hybridized carbons (Fsp3) is 0.375. The molecule has 7 heteroatoms. The molecule has 5 nitrogen and oxygen atoms in total. The minimum atomic E-state index is -1.01. The van der Waals surface area contributed by atoms with E-state index in [-0.39, 0.29) is 11.3 Å². The third-order valence-electron chi connectivity index (χ3n) is 3.56. The Bertz CT molecular complexity index is 617. The molecule has 0 aliphatic heterocycles. The highest BCUT2D eigenvalue weighted by molar-refractivity contribution is 5.91. The van der Waals surface area contributed by atoms with Crippen molar-refractivity contribution in [3.05, 3.63) is 46.7 Å². The van der Waals surface area contributed by atoms with Crippen LogP contribution in [0.5, 0.6) is 0 Å². The Morgan fingerprint density at radius 2 is 2.04 bits per heavy atom. The van der Waals surface area contributed by atoms with E-state index in [4.69, 9.17) is 4.74 Å². The fourth-order valence-corrected chi connectivity index (χ4v) is 2.25. The van der Waals surface area contributed by atoms with E-state index in [9.17, 15) is 18.4 Å². The smallest absolute Gasteiger partial charge is 0.337 e. The first-order chi connectivity index (χ1) is 10.9. The summed E-state index contributed by atoms with van der Waals surface area (Å²) in [5, 5.41) is 2.42. The molecule has 0 spiro atoms. The zero-order chi connectivity index (χ0) is 17.6. The van der Waals surface area contributed by atoms with E-state index >= 15 is 0 Å². The van der Waals surface area contributed by atoms with Crippen molar-refractivity contribution in [2.24, 2.45) is 0 Å². The van der Waals surface area contributed by atoms with E-state index in [1.807, 2.05) is 6.92 Å². The molecule has 23 heavy (non-hydrogen) atoms. The maximum Gasteiger partial charge on any atom is 0.337 e. The predicted octanol–water partition coefficient (Wildman–Crippen LogP) is 2.15. The minimum absolute atomic E-state index is 0.148. The van der Waals surface area contributed by atoms with Gasteiger partial charge in [-0.25, -0.2) is 13.6 Å². The normalized spacial score (nSPS) is 13.3. The van der Waals surface area contributed by atoms with Gasteiger partial charge in [-0.3, -0.25) is 9.69 Å². The van der Waals surface area contributed by atoms with Crippen LogP contribution in [0.2, 0.25) is 0 Å². The summed E-state index contributed by atoms with van der Waals surface area (Å²) in [6.45, 7) is 3.92. The number of amides is 1. The van der Waals surface area contributed by atoms with Gasteiger partial charge in [-0.15, -0.1) is 0 Å². The number of hydrogen-bond donors (Lipinski definition) is 1. The molecule has 1 N–H and O–H groups in total. The molecule has 126 valence electrons. The molecule has 1 aromatic carbocycles. The Labute approximate surface area is 133 Å². The largest absolute Gasteiger partial charge is 0.466 e. The van der Waals surface area contributed by atoms with Crippen LogP contribution in [0, 0.1) is 11.6 Å². The number of allylic oxidation sites excluding steroid dienone is 1. The van der Waals surface area contributed by atoms with Gasteiger partial charge in [-0.05, 0) is 38.2 Å². The zero-order valence-corrected chi connectivity index (χ0v) is 13.5. The number of carbonyl (C=O) groups is 2. The third kappa shape index (κ3) is 4.35. The van der Waals surface area contributed by atoms with E-state index in [1.54, 1.807) is 11.9 Å². The number of nitrogens with zero attached hydrogens (tertiary/aromatic N) is 1. The summed E-state index contributed by atoms with van der Waals surface area (Å²) in [5.41, 5.74) is 0.803. The van der Waals surface area contributed by atoms with Crippen molar-refractivity contribution in [1.82, 2.24) is 10.2 Å². The molecule has 0 radical (unpaired) electrons. The van der Waals surface area contributed by atoms with Crippen LogP contribution < -0.4 is 5.32 Å². The highest BCUT2D eigenvalue weighted by Crippen LogP contribution is 2.30. The maximum absolute atomic E-state index is 13.6. The molecule has 1 aromatic rings. The van der Waals surface area contributed by atoms with Crippen LogP contribution in [-0.4, -0.2) is 38.0 Å². The summed E-state index contributed by atoms with van der Waals surface area (Å²) in [4.78, 5) is 24.7. The molecular formula is C16H20F2N2O3. The lowest BCUT2D eigenvalue weighted by Gasteiger charge is -2.29. The van der Waals surface area contributed by atoms with Gasteiger partial charge in [0.15, 0.2) is 11.6 Å². The number of ether oxygens (including phenoxy) is 1. The Hall–Kier alpha value is -2.28. The lowest BCUT2D eigenvalue weighted by Crippen LogP contribution is -2.32. The van der Waals surface area contributed by atoms with Crippen LogP contribution in [-0.2, 0) is 14.3 Å². The van der Waals surface area contributed by atoms with Crippen LogP contribution in [0.1, 0.15) is 25.5 Å². The number of benzene rings is 1. The molecule has 0 aliphatic rings. The van der Waals surface area contributed by atoms with Crippen LogP contribution in [0.4, 0.5) is 8.78 Å². The number of halogens is 2. The van der Waals surface area contributed by atoms with Gasteiger partial charge in [0.1, 0.15) is 0 Å². The minimum Gasteiger partial charge on any atom is -0.466 e. The summed E-state index contributed by atoms with van der Waals surface area (Å²) in [6.07, 6.45) is 0.437. The van der Waals surface area contributed by atoms with Crippen molar-refractivity contribution in [3.8, 4) is 0 Å². The highest BCUT2D eigenvalue weighted by Gasteiger charge is 2.29. The van der Waals surface area contributed by atoms with Gasteiger partial charge in [-0.2, -0.15) is 0 Å². The average molecular weight is 326 g/mol. The molecule has 0 heterocycles. The Morgan fingerprint density at radius 3 is 2.52 bits per heavy atom. The molecule has 0 saturated carbocycles.